The molecule has 16 nitrogen and oxygen atoms in total. The van der Waals surface area contributed by atoms with Crippen LogP contribution < -0.4 is 15.6 Å². The fraction of sp³-hybridized carbons (Fsp3) is 0.250. The predicted molar refractivity (Wildman–Crippen MR) is 130 cm³/mol. The molecule has 5 rings (SSSR count). The molecule has 196 valence electrons. The molecular weight excluding hydrogens is 542 g/mol. The highest BCUT2D eigenvalue weighted by Crippen LogP contribution is 2.40. The highest BCUT2D eigenvalue weighted by Gasteiger charge is 2.54. The fourth-order valence-corrected chi connectivity index (χ4v) is 5.73. The van der Waals surface area contributed by atoms with Crippen molar-refractivity contribution in [3.63, 3.8) is 0 Å². The Morgan fingerprint density at radius 2 is 2.16 bits per heavy atom. The number of carbonyl (C=O) groups is 4. The van der Waals surface area contributed by atoms with Gasteiger partial charge in [0.1, 0.15) is 29.9 Å². The quantitative estimate of drug-likeness (QED) is 0.0996. The molecule has 0 saturated carbocycles. The van der Waals surface area contributed by atoms with E-state index in [1.165, 1.54) is 11.8 Å². The Balaban J connectivity index is 1.36. The number of nitrogens with zero attached hydrogens (tertiary/aromatic N) is 7. The average Bonchev–Trinajstić information content (AvgIpc) is 3.50. The van der Waals surface area contributed by atoms with E-state index in [9.17, 15) is 24.3 Å². The molecule has 0 bridgehead atoms. The number of thioether (sulfide) groups is 1. The second-order valence-corrected chi connectivity index (χ2v) is 9.82. The monoisotopic (exact) mass is 560 g/mol. The molecule has 18 heteroatoms. The van der Waals surface area contributed by atoms with Gasteiger partial charge in [-0.05, 0) is 6.07 Å². The smallest absolute Gasteiger partial charge is 0.352 e. The van der Waals surface area contributed by atoms with Crippen LogP contribution in [0.1, 0.15) is 5.82 Å². The number of amides is 2. The summed E-state index contributed by atoms with van der Waals surface area (Å²) in [5, 5.41) is 28.3. The minimum atomic E-state index is -1.32. The minimum Gasteiger partial charge on any atom is -0.479 e. The van der Waals surface area contributed by atoms with E-state index >= 15 is 0 Å². The minimum absolute atomic E-state index is 0.0286. The van der Waals surface area contributed by atoms with Crippen molar-refractivity contribution in [2.24, 2.45) is 5.16 Å². The van der Waals surface area contributed by atoms with Crippen LogP contribution in [-0.4, -0.2) is 87.3 Å². The summed E-state index contributed by atoms with van der Waals surface area (Å²) in [4.78, 5) is 58.6. The first-order valence-corrected chi connectivity index (χ1v) is 12.6. The van der Waals surface area contributed by atoms with Gasteiger partial charge in [-0.1, -0.05) is 10.3 Å². The summed E-state index contributed by atoms with van der Waals surface area (Å²) in [6.45, 7) is -0.606. The number of carbonyl (C=O) groups excluding carboxylic acids is 2. The van der Waals surface area contributed by atoms with E-state index < -0.39 is 47.5 Å². The van der Waals surface area contributed by atoms with Crippen LogP contribution in [0.25, 0.3) is 5.65 Å². The molecule has 2 aliphatic heterocycles. The van der Waals surface area contributed by atoms with Gasteiger partial charge in [0.25, 0.3) is 11.8 Å². The van der Waals surface area contributed by atoms with E-state index in [0.29, 0.717) is 11.3 Å². The molecule has 0 aliphatic carbocycles. The number of aliphatic carboxylic acids is 2. The Morgan fingerprint density at radius 1 is 1.34 bits per heavy atom. The van der Waals surface area contributed by atoms with Gasteiger partial charge < -0.3 is 26.1 Å². The van der Waals surface area contributed by atoms with Gasteiger partial charge in [-0.3, -0.25) is 14.5 Å². The van der Waals surface area contributed by atoms with E-state index in [1.54, 1.807) is 29.2 Å². The number of aromatic nitrogens is 5. The first-order chi connectivity index (χ1) is 18.2. The summed E-state index contributed by atoms with van der Waals surface area (Å²) in [7, 11) is 0. The second kappa shape index (κ2) is 10.1. The van der Waals surface area contributed by atoms with Crippen LogP contribution in [-0.2, 0) is 30.6 Å². The van der Waals surface area contributed by atoms with E-state index in [0.717, 1.165) is 22.1 Å². The number of hydrogen-bond donors (Lipinski definition) is 4. The molecule has 3 aromatic rings. The topological polar surface area (TPSA) is 219 Å². The second-order valence-electron chi connectivity index (χ2n) is 7.93. The highest BCUT2D eigenvalue weighted by molar-refractivity contribution is 8.00. The molecule has 3 aromatic heterocycles. The van der Waals surface area contributed by atoms with Crippen LogP contribution in [0.3, 0.4) is 0 Å². The standard InChI is InChI=1S/C20H17N9O7S2/c21-20-24-15(26-38-20)12(25-36-7-11(30)31)16(32)23-13-17(33)29-14(19(34)35)9(8-37-18(13)29)6-27-4-5-28-10(27)2-1-3-22-28/h1-5,13,18H,6-8H2,(H4-,21,23,24,26,30,31,32,34,35)/p+1/b25-12+/t13-,18-/m1/s1. The largest absolute Gasteiger partial charge is 0.479 e. The van der Waals surface area contributed by atoms with Gasteiger partial charge in [-0.25, -0.2) is 14.2 Å². The third-order valence-corrected chi connectivity index (χ3v) is 7.43. The summed E-state index contributed by atoms with van der Waals surface area (Å²) >= 11 is 2.07. The van der Waals surface area contributed by atoms with Crippen molar-refractivity contribution in [2.75, 3.05) is 18.1 Å². The number of nitrogens with one attached hydrogen (secondary N) is 1. The number of carboxylic acids is 2. The van der Waals surface area contributed by atoms with Crippen LogP contribution in [0.4, 0.5) is 5.13 Å². The molecular formula is C20H18N9O7S2+. The van der Waals surface area contributed by atoms with Gasteiger partial charge in [-0.15, -0.1) is 16.3 Å². The van der Waals surface area contributed by atoms with E-state index in [4.69, 9.17) is 10.8 Å². The van der Waals surface area contributed by atoms with Gasteiger partial charge in [0.05, 0.1) is 6.20 Å². The number of nitrogen functional groups attached to an aromatic ring is 1. The molecule has 0 radical (unpaired) electrons. The first-order valence-electron chi connectivity index (χ1n) is 10.8. The van der Waals surface area contributed by atoms with Gasteiger partial charge in [0.15, 0.2) is 11.3 Å². The molecule has 1 fully saturated rings. The number of nitrogens with two attached hydrogens (primary N) is 1. The number of hydrogen-bond acceptors (Lipinski definition) is 12. The highest BCUT2D eigenvalue weighted by atomic mass is 32.2. The number of fused-ring (bicyclic) bond motifs is 2. The van der Waals surface area contributed by atoms with E-state index in [-0.39, 0.29) is 23.2 Å². The lowest BCUT2D eigenvalue weighted by Gasteiger charge is -2.49. The maximum absolute atomic E-state index is 13.1. The maximum atomic E-state index is 13.1. The Morgan fingerprint density at radius 3 is 2.87 bits per heavy atom. The lowest BCUT2D eigenvalue weighted by Crippen LogP contribution is -2.71. The Labute approximate surface area is 220 Å². The molecule has 2 amide bonds. The number of anilines is 1. The van der Waals surface area contributed by atoms with Gasteiger partial charge in [-0.2, -0.15) is 9.36 Å². The predicted octanol–water partition coefficient (Wildman–Crippen LogP) is -1.70. The Hall–Kier alpha value is -4.58. The molecule has 0 spiro atoms. The van der Waals surface area contributed by atoms with Crippen molar-refractivity contribution in [1.29, 1.82) is 0 Å². The third kappa shape index (κ3) is 4.61. The van der Waals surface area contributed by atoms with Crippen molar-refractivity contribution in [3.8, 4) is 0 Å². The van der Waals surface area contributed by atoms with E-state index in [1.807, 2.05) is 10.6 Å². The number of oxime groups is 1. The third-order valence-electron chi connectivity index (χ3n) is 5.55. The van der Waals surface area contributed by atoms with E-state index in [2.05, 4.69) is 29.8 Å². The zero-order valence-electron chi connectivity index (χ0n) is 19.1. The molecule has 5 heterocycles. The first kappa shape index (κ1) is 25.1. The number of carboxylic acid groups (broad SMARTS) is 2. The van der Waals surface area contributed by atoms with Crippen LogP contribution >= 0.6 is 23.3 Å². The summed E-state index contributed by atoms with van der Waals surface area (Å²) < 4.78 is 7.35. The summed E-state index contributed by atoms with van der Waals surface area (Å²) in [5.41, 5.74) is 6.20. The zero-order valence-corrected chi connectivity index (χ0v) is 20.8. The molecule has 38 heavy (non-hydrogen) atoms. The van der Waals surface area contributed by atoms with Gasteiger partial charge in [0.2, 0.25) is 18.1 Å². The summed E-state index contributed by atoms with van der Waals surface area (Å²) in [6, 6.07) is 2.52. The lowest BCUT2D eigenvalue weighted by molar-refractivity contribution is -0.662. The van der Waals surface area contributed by atoms with Crippen molar-refractivity contribution < 1.29 is 38.8 Å². The maximum Gasteiger partial charge on any atom is 0.352 e. The molecule has 2 atom stereocenters. The average molecular weight is 561 g/mol. The van der Waals surface area contributed by atoms with Crippen molar-refractivity contribution in [2.45, 2.75) is 18.0 Å². The molecule has 0 unspecified atom stereocenters. The van der Waals surface area contributed by atoms with Gasteiger partial charge >= 0.3 is 17.6 Å². The lowest BCUT2D eigenvalue weighted by atomic mass is 10.0. The number of imidazole rings is 1. The fourth-order valence-electron chi connectivity index (χ4n) is 3.96. The zero-order chi connectivity index (χ0) is 27.0. The Kier molecular flexibility index (Phi) is 6.64. The number of rotatable bonds is 9. The van der Waals surface area contributed by atoms with Crippen LogP contribution in [0, 0.1) is 0 Å². The van der Waals surface area contributed by atoms with Crippen molar-refractivity contribution >= 4 is 63.5 Å². The van der Waals surface area contributed by atoms with Crippen molar-refractivity contribution in [1.82, 2.24) is 29.2 Å². The molecule has 2 aliphatic rings. The molecule has 1 saturated heterocycles. The van der Waals surface area contributed by atoms with Crippen molar-refractivity contribution in [3.05, 3.63) is 47.8 Å². The van der Waals surface area contributed by atoms with Crippen LogP contribution in [0.5, 0.6) is 0 Å². The Bertz CT molecular complexity index is 1530. The molecule has 5 N–H and O–H groups in total. The van der Waals surface area contributed by atoms with Crippen LogP contribution in [0.15, 0.2) is 47.1 Å². The SMILES string of the molecule is Nc1nc(/C(=N\OCC(=O)O)C(=O)N[C@@H]2C(=O)N3C(C(=O)O)=C(C[n+]4ccn5ncccc54)CS[C@H]23)ns1. The summed E-state index contributed by atoms with van der Waals surface area (Å²) in [5.74, 6) is -4.06. The summed E-state index contributed by atoms with van der Waals surface area (Å²) in [6.07, 6.45) is 5.13. The molecule has 0 aromatic carbocycles. The number of β-lactam (4-membered cyclic amide) rings is 1. The van der Waals surface area contributed by atoms with Crippen LogP contribution in [0.2, 0.25) is 0 Å². The normalized spacial score (nSPS) is 19.2. The van der Waals surface area contributed by atoms with Gasteiger partial charge in [0, 0.05) is 28.9 Å².